The highest BCUT2D eigenvalue weighted by Gasteiger charge is 2.44. The third-order valence-corrected chi connectivity index (χ3v) is 10.6. The number of amides is 6. The molecule has 0 spiro atoms. The molecule has 2 fully saturated rings. The van der Waals surface area contributed by atoms with E-state index in [0.717, 1.165) is 24.8 Å². The lowest BCUT2D eigenvalue weighted by molar-refractivity contribution is -0.155. The van der Waals surface area contributed by atoms with E-state index in [-0.39, 0.29) is 57.1 Å². The molecule has 1 unspecified atom stereocenters. The number of benzene rings is 2. The van der Waals surface area contributed by atoms with Gasteiger partial charge in [0.15, 0.2) is 0 Å². The van der Waals surface area contributed by atoms with E-state index in [4.69, 9.17) is 15.2 Å². The lowest BCUT2D eigenvalue weighted by Crippen LogP contribution is -2.57. The summed E-state index contributed by atoms with van der Waals surface area (Å²) < 4.78 is 11.7. The number of hydrogen-bond donors (Lipinski definition) is 5. The average molecular weight is 847 g/mol. The molecule has 61 heavy (non-hydrogen) atoms. The molecule has 2 aromatic carbocycles. The molecule has 0 aromatic heterocycles. The van der Waals surface area contributed by atoms with E-state index in [1.807, 2.05) is 30.3 Å². The smallest absolute Gasteiger partial charge is 0.306 e. The Hall–Kier alpha value is -5.64. The van der Waals surface area contributed by atoms with Gasteiger partial charge < -0.3 is 41.4 Å². The first-order valence-electron chi connectivity index (χ1n) is 21.3. The first kappa shape index (κ1) is 48.0. The Labute approximate surface area is 357 Å². The van der Waals surface area contributed by atoms with Gasteiger partial charge in [-0.15, -0.1) is 0 Å². The van der Waals surface area contributed by atoms with Gasteiger partial charge in [-0.05, 0) is 64.0 Å². The summed E-state index contributed by atoms with van der Waals surface area (Å²) in [6.45, 7) is 6.60. The van der Waals surface area contributed by atoms with Crippen LogP contribution < -0.4 is 27.0 Å². The van der Waals surface area contributed by atoms with Crippen molar-refractivity contribution in [3.05, 3.63) is 71.8 Å². The third kappa shape index (κ3) is 15.4. The van der Waals surface area contributed by atoms with Crippen molar-refractivity contribution in [1.29, 1.82) is 0 Å². The standard InChI is InChI=1S/C45H62N6O10/c1-5-16-33(39(54)43(58)47-26-36(52)50-38(40(46)55)30-19-11-7-12-20-30)48-42(57)35-25-32(60-28-29-17-9-6-10-18-29)27-51(35)44(59)34(23-15-24-37(53)61-45(2,3)4)49-41(56)31-21-13-8-14-22-31/h6-7,9-12,17-20,31-35,38H,5,8,13-16,21-28H2,1-4H3,(H2,46,55)(H,47,58)(H,48,57)(H,49,56)(H,50,52)/t32-,33?,34+,35+,38+/m1/s1. The quantitative estimate of drug-likeness (QED) is 0.0911. The number of nitrogens with zero attached hydrogens (tertiary/aromatic N) is 1. The van der Waals surface area contributed by atoms with E-state index < -0.39 is 83.7 Å². The summed E-state index contributed by atoms with van der Waals surface area (Å²) in [7, 11) is 0. The molecule has 0 bridgehead atoms. The summed E-state index contributed by atoms with van der Waals surface area (Å²) in [5.41, 5.74) is 6.10. The third-order valence-electron chi connectivity index (χ3n) is 10.6. The van der Waals surface area contributed by atoms with Crippen molar-refractivity contribution in [2.24, 2.45) is 11.7 Å². The first-order valence-corrected chi connectivity index (χ1v) is 21.3. The molecule has 6 N–H and O–H groups in total. The Bertz CT molecular complexity index is 1830. The van der Waals surface area contributed by atoms with Crippen molar-refractivity contribution in [3.63, 3.8) is 0 Å². The molecular weight excluding hydrogens is 785 g/mol. The highest BCUT2D eigenvalue weighted by molar-refractivity contribution is 6.38. The molecular formula is C45H62N6O10. The number of carbonyl (C=O) groups excluding carboxylic acids is 8. The van der Waals surface area contributed by atoms with Crippen LogP contribution in [0.3, 0.4) is 0 Å². The summed E-state index contributed by atoms with van der Waals surface area (Å²) in [5.74, 6) is -5.94. The minimum absolute atomic E-state index is 0.00286. The van der Waals surface area contributed by atoms with Crippen molar-refractivity contribution in [3.8, 4) is 0 Å². The number of carbonyl (C=O) groups is 8. The second kappa shape index (κ2) is 23.4. The Kier molecular flexibility index (Phi) is 18.4. The maximum atomic E-state index is 14.6. The number of nitrogens with two attached hydrogens (primary N) is 1. The van der Waals surface area contributed by atoms with Crippen LogP contribution in [0.15, 0.2) is 60.7 Å². The van der Waals surface area contributed by atoms with Gasteiger partial charge in [-0.25, -0.2) is 0 Å². The molecule has 16 heteroatoms. The van der Waals surface area contributed by atoms with Gasteiger partial charge in [0, 0.05) is 25.3 Å². The summed E-state index contributed by atoms with van der Waals surface area (Å²) in [6.07, 6.45) is 4.49. The minimum atomic E-state index is -1.31. The van der Waals surface area contributed by atoms with Gasteiger partial charge in [-0.3, -0.25) is 38.4 Å². The predicted molar refractivity (Wildman–Crippen MR) is 225 cm³/mol. The van der Waals surface area contributed by atoms with Gasteiger partial charge in [0.2, 0.25) is 35.3 Å². The number of hydrogen-bond acceptors (Lipinski definition) is 10. The van der Waals surface area contributed by atoms with Crippen molar-refractivity contribution in [1.82, 2.24) is 26.2 Å². The SMILES string of the molecule is CCCC(NC(=O)[C@@H]1C[C@@H](OCc2ccccc2)CN1C(=O)[C@H](CCCC(=O)OC(C)(C)C)NC(=O)C1CCCCC1)C(=O)C(=O)NCC(=O)N[C@H](C(N)=O)c1ccccc1. The fraction of sp³-hybridized carbons (Fsp3) is 0.556. The minimum Gasteiger partial charge on any atom is -0.460 e. The molecule has 0 radical (unpaired) electrons. The molecule has 4 rings (SSSR count). The summed E-state index contributed by atoms with van der Waals surface area (Å²) in [4.78, 5) is 108. The highest BCUT2D eigenvalue weighted by atomic mass is 16.6. The van der Waals surface area contributed by atoms with Crippen LogP contribution >= 0.6 is 0 Å². The molecule has 1 aliphatic heterocycles. The predicted octanol–water partition coefficient (Wildman–Crippen LogP) is 3.06. The second-order valence-electron chi connectivity index (χ2n) is 16.7. The van der Waals surface area contributed by atoms with Gasteiger partial charge in [-0.2, -0.15) is 0 Å². The van der Waals surface area contributed by atoms with E-state index >= 15 is 0 Å². The van der Waals surface area contributed by atoms with Gasteiger partial charge >= 0.3 is 5.97 Å². The van der Waals surface area contributed by atoms with Crippen LogP contribution in [0.5, 0.6) is 0 Å². The molecule has 1 saturated heterocycles. The Balaban J connectivity index is 1.50. The lowest BCUT2D eigenvalue weighted by atomic mass is 9.88. The van der Waals surface area contributed by atoms with Gasteiger partial charge in [0.25, 0.3) is 5.91 Å². The van der Waals surface area contributed by atoms with Crippen molar-refractivity contribution < 1.29 is 47.8 Å². The number of nitrogens with one attached hydrogen (secondary N) is 4. The van der Waals surface area contributed by atoms with E-state index in [1.165, 1.54) is 4.90 Å². The molecule has 1 aliphatic carbocycles. The number of likely N-dealkylation sites (tertiary alicyclic amines) is 1. The van der Waals surface area contributed by atoms with Crippen molar-refractivity contribution in [2.45, 2.75) is 141 Å². The average Bonchev–Trinajstić information content (AvgIpc) is 3.67. The fourth-order valence-corrected chi connectivity index (χ4v) is 7.56. The van der Waals surface area contributed by atoms with E-state index in [0.29, 0.717) is 24.8 Å². The summed E-state index contributed by atoms with van der Waals surface area (Å²) >= 11 is 0. The molecule has 6 amide bonds. The lowest BCUT2D eigenvalue weighted by Gasteiger charge is -2.31. The van der Waals surface area contributed by atoms with Crippen LogP contribution in [0.1, 0.15) is 115 Å². The maximum Gasteiger partial charge on any atom is 0.306 e. The van der Waals surface area contributed by atoms with Crippen molar-refractivity contribution in [2.75, 3.05) is 13.1 Å². The topological polar surface area (TPSA) is 232 Å². The number of ketones is 1. The van der Waals surface area contributed by atoms with Gasteiger partial charge in [0.1, 0.15) is 23.7 Å². The number of rotatable bonds is 21. The largest absolute Gasteiger partial charge is 0.460 e. The van der Waals surface area contributed by atoms with Crippen LogP contribution in [0, 0.1) is 5.92 Å². The van der Waals surface area contributed by atoms with Crippen LogP contribution in [0.25, 0.3) is 0 Å². The number of ether oxygens (including phenoxy) is 2. The monoisotopic (exact) mass is 846 g/mol. The molecule has 1 saturated carbocycles. The zero-order valence-electron chi connectivity index (χ0n) is 35.7. The van der Waals surface area contributed by atoms with Crippen LogP contribution in [0.2, 0.25) is 0 Å². The number of Topliss-reactive ketones (excluding diaryl/α,β-unsaturated/α-hetero) is 1. The summed E-state index contributed by atoms with van der Waals surface area (Å²) in [6, 6.07) is 13.0. The maximum absolute atomic E-state index is 14.6. The van der Waals surface area contributed by atoms with E-state index in [9.17, 15) is 38.4 Å². The zero-order valence-corrected chi connectivity index (χ0v) is 35.7. The van der Waals surface area contributed by atoms with Gasteiger partial charge in [-0.1, -0.05) is 93.3 Å². The van der Waals surface area contributed by atoms with E-state index in [2.05, 4.69) is 21.3 Å². The number of esters is 1. The molecule has 332 valence electrons. The first-order chi connectivity index (χ1) is 29.1. The highest BCUT2D eigenvalue weighted by Crippen LogP contribution is 2.27. The van der Waals surface area contributed by atoms with E-state index in [1.54, 1.807) is 58.0 Å². The normalized spacial score (nSPS) is 18.2. The molecule has 1 heterocycles. The molecule has 2 aromatic rings. The fourth-order valence-electron chi connectivity index (χ4n) is 7.56. The van der Waals surface area contributed by atoms with Gasteiger partial charge in [0.05, 0.1) is 25.3 Å². The molecule has 2 aliphatic rings. The Morgan fingerprint density at radius 1 is 0.820 bits per heavy atom. The Morgan fingerprint density at radius 3 is 2.08 bits per heavy atom. The van der Waals surface area contributed by atoms with Crippen LogP contribution in [-0.2, 0) is 54.4 Å². The van der Waals surface area contributed by atoms with Crippen LogP contribution in [0.4, 0.5) is 0 Å². The second-order valence-corrected chi connectivity index (χ2v) is 16.7. The molecule has 5 atom stereocenters. The molecule has 16 nitrogen and oxygen atoms in total. The van der Waals surface area contributed by atoms with Crippen LogP contribution in [-0.4, -0.2) is 95.0 Å². The van der Waals surface area contributed by atoms with Crippen molar-refractivity contribution >= 4 is 47.2 Å². The Morgan fingerprint density at radius 2 is 1.46 bits per heavy atom. The summed E-state index contributed by atoms with van der Waals surface area (Å²) in [5, 5.41) is 10.3. The zero-order chi connectivity index (χ0) is 44.5. The number of primary amides is 1.